The van der Waals surface area contributed by atoms with Gasteiger partial charge in [0.25, 0.3) is 0 Å². The Balaban J connectivity index is 2.14. The zero-order chi connectivity index (χ0) is 12.4. The van der Waals surface area contributed by atoms with Crippen LogP contribution in [0.1, 0.15) is 22.0 Å². The standard InChI is InChI=1S/C11H13ClN4S/c1-6-7(2)16-11(10(12)15-6)13-4-9-8(3)14-5-17-9/h5H,4H2,1-3H3,(H,13,16). The molecule has 0 saturated carbocycles. The largest absolute Gasteiger partial charge is 0.363 e. The third-order valence-corrected chi connectivity index (χ3v) is 3.72. The van der Waals surface area contributed by atoms with Crippen molar-refractivity contribution >= 4 is 28.8 Å². The second-order valence-electron chi connectivity index (χ2n) is 3.75. The molecule has 90 valence electrons. The molecule has 0 aliphatic carbocycles. The van der Waals surface area contributed by atoms with Crippen LogP contribution in [0.2, 0.25) is 5.15 Å². The molecule has 0 amide bonds. The smallest absolute Gasteiger partial charge is 0.171 e. The summed E-state index contributed by atoms with van der Waals surface area (Å²) in [5.41, 5.74) is 4.61. The average Bonchev–Trinajstić information content (AvgIpc) is 2.68. The Morgan fingerprint density at radius 3 is 2.53 bits per heavy atom. The van der Waals surface area contributed by atoms with Gasteiger partial charge in [0.2, 0.25) is 0 Å². The average molecular weight is 269 g/mol. The third-order valence-electron chi connectivity index (χ3n) is 2.53. The Morgan fingerprint density at radius 1 is 1.18 bits per heavy atom. The Kier molecular flexibility index (Phi) is 3.59. The summed E-state index contributed by atoms with van der Waals surface area (Å²) >= 11 is 7.65. The van der Waals surface area contributed by atoms with Crippen LogP contribution in [-0.4, -0.2) is 15.0 Å². The zero-order valence-electron chi connectivity index (χ0n) is 9.91. The van der Waals surface area contributed by atoms with Crippen molar-refractivity contribution in [2.75, 3.05) is 5.32 Å². The number of rotatable bonds is 3. The fraction of sp³-hybridized carbons (Fsp3) is 0.364. The number of anilines is 1. The zero-order valence-corrected chi connectivity index (χ0v) is 11.5. The number of hydrogen-bond acceptors (Lipinski definition) is 5. The highest BCUT2D eigenvalue weighted by Crippen LogP contribution is 2.20. The molecule has 0 saturated heterocycles. The van der Waals surface area contributed by atoms with E-state index < -0.39 is 0 Å². The molecular formula is C11H13ClN4S. The number of hydrogen-bond donors (Lipinski definition) is 1. The molecule has 2 rings (SSSR count). The minimum atomic E-state index is 0.412. The van der Waals surface area contributed by atoms with Crippen LogP contribution in [0.5, 0.6) is 0 Å². The van der Waals surface area contributed by atoms with Gasteiger partial charge in [-0.1, -0.05) is 11.6 Å². The second-order valence-corrected chi connectivity index (χ2v) is 5.05. The molecule has 0 fully saturated rings. The van der Waals surface area contributed by atoms with Crippen molar-refractivity contribution in [1.29, 1.82) is 0 Å². The number of nitrogens with zero attached hydrogens (tertiary/aromatic N) is 3. The van der Waals surface area contributed by atoms with Crippen LogP contribution in [0.3, 0.4) is 0 Å². The van der Waals surface area contributed by atoms with E-state index in [1.807, 2.05) is 26.3 Å². The van der Waals surface area contributed by atoms with E-state index in [9.17, 15) is 0 Å². The van der Waals surface area contributed by atoms with Crippen LogP contribution in [-0.2, 0) is 6.54 Å². The molecule has 17 heavy (non-hydrogen) atoms. The fourth-order valence-electron chi connectivity index (χ4n) is 1.35. The minimum absolute atomic E-state index is 0.412. The molecule has 2 heterocycles. The van der Waals surface area contributed by atoms with Crippen LogP contribution in [0, 0.1) is 20.8 Å². The van der Waals surface area contributed by atoms with Crippen LogP contribution in [0.25, 0.3) is 0 Å². The van der Waals surface area contributed by atoms with Gasteiger partial charge in [0.05, 0.1) is 29.1 Å². The predicted octanol–water partition coefficient (Wildman–Crippen LogP) is 3.12. The summed E-state index contributed by atoms with van der Waals surface area (Å²) in [5, 5.41) is 3.60. The van der Waals surface area contributed by atoms with E-state index in [-0.39, 0.29) is 0 Å². The molecule has 0 atom stereocenters. The maximum absolute atomic E-state index is 6.03. The molecule has 2 aromatic heterocycles. The molecule has 0 aromatic carbocycles. The van der Waals surface area contributed by atoms with Gasteiger partial charge in [-0.3, -0.25) is 0 Å². The van der Waals surface area contributed by atoms with Crippen molar-refractivity contribution in [3.05, 3.63) is 32.6 Å². The quantitative estimate of drug-likeness (QED) is 0.929. The first-order valence-electron chi connectivity index (χ1n) is 5.21. The Bertz CT molecular complexity index is 538. The second kappa shape index (κ2) is 4.98. The highest BCUT2D eigenvalue weighted by molar-refractivity contribution is 7.09. The van der Waals surface area contributed by atoms with Crippen molar-refractivity contribution in [3.63, 3.8) is 0 Å². The van der Waals surface area contributed by atoms with E-state index in [2.05, 4.69) is 20.3 Å². The number of aryl methyl sites for hydroxylation is 3. The molecule has 0 aliphatic rings. The maximum Gasteiger partial charge on any atom is 0.171 e. The summed E-state index contributed by atoms with van der Waals surface area (Å²) in [6, 6.07) is 0. The van der Waals surface area contributed by atoms with Gasteiger partial charge >= 0.3 is 0 Å². The molecule has 4 nitrogen and oxygen atoms in total. The van der Waals surface area contributed by atoms with E-state index in [1.165, 1.54) is 4.88 Å². The van der Waals surface area contributed by atoms with Crippen molar-refractivity contribution in [2.24, 2.45) is 0 Å². The molecule has 1 N–H and O–H groups in total. The third kappa shape index (κ3) is 2.73. The Labute approximate surface area is 109 Å². The molecule has 0 unspecified atom stereocenters. The maximum atomic E-state index is 6.03. The van der Waals surface area contributed by atoms with Gasteiger partial charge in [0, 0.05) is 4.88 Å². The fourth-order valence-corrected chi connectivity index (χ4v) is 2.30. The van der Waals surface area contributed by atoms with Crippen molar-refractivity contribution in [1.82, 2.24) is 15.0 Å². The van der Waals surface area contributed by atoms with E-state index in [0.29, 0.717) is 17.5 Å². The lowest BCUT2D eigenvalue weighted by molar-refractivity contribution is 1.02. The van der Waals surface area contributed by atoms with Gasteiger partial charge < -0.3 is 5.32 Å². The Hall–Kier alpha value is -1.20. The van der Waals surface area contributed by atoms with Gasteiger partial charge in [-0.25, -0.2) is 15.0 Å². The summed E-state index contributed by atoms with van der Waals surface area (Å²) in [6.45, 7) is 6.47. The molecule has 0 spiro atoms. The van der Waals surface area contributed by atoms with E-state index in [1.54, 1.807) is 11.3 Å². The first kappa shape index (κ1) is 12.3. The summed E-state index contributed by atoms with van der Waals surface area (Å²) in [6.07, 6.45) is 0. The van der Waals surface area contributed by atoms with Crippen LogP contribution in [0.15, 0.2) is 5.51 Å². The lowest BCUT2D eigenvalue weighted by atomic mass is 10.3. The lowest BCUT2D eigenvalue weighted by Gasteiger charge is -2.08. The first-order valence-corrected chi connectivity index (χ1v) is 6.47. The van der Waals surface area contributed by atoms with Gasteiger partial charge in [-0.15, -0.1) is 11.3 Å². The Morgan fingerprint density at radius 2 is 1.88 bits per heavy atom. The molecule has 6 heteroatoms. The van der Waals surface area contributed by atoms with Crippen LogP contribution in [0.4, 0.5) is 5.82 Å². The monoisotopic (exact) mass is 268 g/mol. The number of nitrogens with one attached hydrogen (secondary N) is 1. The van der Waals surface area contributed by atoms with E-state index in [0.717, 1.165) is 17.1 Å². The SMILES string of the molecule is Cc1nc(Cl)c(NCc2scnc2C)nc1C. The van der Waals surface area contributed by atoms with Crippen molar-refractivity contribution < 1.29 is 0 Å². The molecule has 0 radical (unpaired) electrons. The van der Waals surface area contributed by atoms with Gasteiger partial charge in [-0.05, 0) is 20.8 Å². The summed E-state index contributed by atoms with van der Waals surface area (Å²) in [4.78, 5) is 14.0. The molecule has 0 aliphatic heterocycles. The topological polar surface area (TPSA) is 50.7 Å². The number of halogens is 1. The highest BCUT2D eigenvalue weighted by atomic mass is 35.5. The molecule has 0 bridgehead atoms. The van der Waals surface area contributed by atoms with E-state index >= 15 is 0 Å². The van der Waals surface area contributed by atoms with Crippen molar-refractivity contribution in [3.8, 4) is 0 Å². The van der Waals surface area contributed by atoms with Crippen LogP contribution < -0.4 is 5.32 Å². The van der Waals surface area contributed by atoms with Gasteiger partial charge in [0.15, 0.2) is 11.0 Å². The highest BCUT2D eigenvalue weighted by Gasteiger charge is 2.08. The van der Waals surface area contributed by atoms with Crippen molar-refractivity contribution in [2.45, 2.75) is 27.3 Å². The lowest BCUT2D eigenvalue weighted by Crippen LogP contribution is -2.05. The first-order chi connectivity index (χ1) is 8.08. The normalized spacial score (nSPS) is 10.6. The van der Waals surface area contributed by atoms with E-state index in [4.69, 9.17) is 11.6 Å². The predicted molar refractivity (Wildman–Crippen MR) is 70.7 cm³/mol. The summed E-state index contributed by atoms with van der Waals surface area (Å²) in [7, 11) is 0. The summed E-state index contributed by atoms with van der Waals surface area (Å²) in [5.74, 6) is 0.627. The number of aromatic nitrogens is 3. The summed E-state index contributed by atoms with van der Waals surface area (Å²) < 4.78 is 0. The molecular weight excluding hydrogens is 256 g/mol. The van der Waals surface area contributed by atoms with Gasteiger partial charge in [-0.2, -0.15) is 0 Å². The number of thiazole rings is 1. The van der Waals surface area contributed by atoms with Crippen LogP contribution >= 0.6 is 22.9 Å². The minimum Gasteiger partial charge on any atom is -0.363 e. The molecule has 2 aromatic rings. The van der Waals surface area contributed by atoms with Gasteiger partial charge in [0.1, 0.15) is 0 Å².